The van der Waals surface area contributed by atoms with Crippen LogP contribution in [0.2, 0.25) is 0 Å². The Bertz CT molecular complexity index is 170. The van der Waals surface area contributed by atoms with Gasteiger partial charge in [-0.2, -0.15) is 23.5 Å². The minimum atomic E-state index is -0.0789. The molecule has 0 N–H and O–H groups in total. The molecule has 0 heterocycles. The third kappa shape index (κ3) is 9.40. The summed E-state index contributed by atoms with van der Waals surface area (Å²) in [5.41, 5.74) is 0. The topological polar surface area (TPSA) is 26.3 Å². The summed E-state index contributed by atoms with van der Waals surface area (Å²) in [6.07, 6.45) is 12.2. The van der Waals surface area contributed by atoms with Crippen LogP contribution >= 0.6 is 23.5 Å². The quantitative estimate of drug-likeness (QED) is 0.339. The molecular weight excluding hydrogens is 240 g/mol. The molecule has 0 amide bonds. The van der Waals surface area contributed by atoms with E-state index in [0.717, 1.165) is 17.4 Å². The Morgan fingerprint density at radius 2 is 1.62 bits per heavy atom. The summed E-state index contributed by atoms with van der Waals surface area (Å²) in [4.78, 5) is 10.8. The second-order valence-corrected chi connectivity index (χ2v) is 6.16. The van der Waals surface area contributed by atoms with Crippen molar-refractivity contribution in [2.45, 2.75) is 49.5 Å². The van der Waals surface area contributed by atoms with Gasteiger partial charge in [0.1, 0.15) is 0 Å². The van der Waals surface area contributed by atoms with Crippen LogP contribution in [-0.2, 0) is 9.53 Å². The molecular formula is C12H24O2S2. The van der Waals surface area contributed by atoms with Crippen molar-refractivity contribution in [2.75, 3.05) is 19.6 Å². The van der Waals surface area contributed by atoms with Crippen LogP contribution < -0.4 is 0 Å². The number of hydrogen-bond acceptors (Lipinski definition) is 4. The van der Waals surface area contributed by atoms with E-state index in [1.807, 2.05) is 23.5 Å². The van der Waals surface area contributed by atoms with Gasteiger partial charge in [0.2, 0.25) is 0 Å². The summed E-state index contributed by atoms with van der Waals surface area (Å²) in [5, 5.41) is 0. The highest BCUT2D eigenvalue weighted by molar-refractivity contribution is 8.16. The van der Waals surface area contributed by atoms with Crippen molar-refractivity contribution in [3.05, 3.63) is 0 Å². The van der Waals surface area contributed by atoms with Gasteiger partial charge < -0.3 is 4.74 Å². The number of ether oxygens (including phenoxy) is 1. The van der Waals surface area contributed by atoms with Crippen molar-refractivity contribution in [3.63, 3.8) is 0 Å². The Hall–Kier alpha value is 0.170. The summed E-state index contributed by atoms with van der Waals surface area (Å²) in [6.45, 7) is 0. The zero-order valence-electron chi connectivity index (χ0n) is 10.7. The molecule has 0 fully saturated rings. The lowest BCUT2D eigenvalue weighted by atomic mass is 10.1. The first kappa shape index (κ1) is 16.2. The van der Waals surface area contributed by atoms with Crippen LogP contribution in [-0.4, -0.2) is 30.2 Å². The molecule has 0 bridgehead atoms. The van der Waals surface area contributed by atoms with Gasteiger partial charge in [-0.1, -0.05) is 25.7 Å². The number of methoxy groups -OCH3 is 1. The fourth-order valence-corrected chi connectivity index (χ4v) is 3.12. The molecule has 0 spiro atoms. The Morgan fingerprint density at radius 1 is 1.06 bits per heavy atom. The van der Waals surface area contributed by atoms with E-state index in [0.29, 0.717) is 6.42 Å². The van der Waals surface area contributed by atoms with Crippen molar-refractivity contribution in [3.8, 4) is 0 Å². The van der Waals surface area contributed by atoms with E-state index in [2.05, 4.69) is 17.2 Å². The number of rotatable bonds is 10. The average Bonchev–Trinajstić information content (AvgIpc) is 2.32. The van der Waals surface area contributed by atoms with Crippen molar-refractivity contribution in [2.24, 2.45) is 0 Å². The lowest BCUT2D eigenvalue weighted by Gasteiger charge is -2.10. The lowest BCUT2D eigenvalue weighted by Crippen LogP contribution is -1.99. The zero-order chi connectivity index (χ0) is 12.2. The van der Waals surface area contributed by atoms with Crippen molar-refractivity contribution >= 4 is 29.5 Å². The van der Waals surface area contributed by atoms with E-state index in [-0.39, 0.29) is 5.97 Å². The standard InChI is InChI=1S/C12H24O2S2/c1-14-11(13)9-7-5-4-6-8-10-12(15-2)16-3/h12H,4-10H2,1-3H3. The molecule has 0 saturated heterocycles. The molecule has 0 saturated carbocycles. The number of thioether (sulfide) groups is 2. The molecule has 96 valence electrons. The molecule has 0 aromatic carbocycles. The maximum absolute atomic E-state index is 10.8. The van der Waals surface area contributed by atoms with Gasteiger partial charge in [0.25, 0.3) is 0 Å². The number of carbonyl (C=O) groups is 1. The van der Waals surface area contributed by atoms with Gasteiger partial charge in [0, 0.05) is 11.0 Å². The molecule has 0 atom stereocenters. The monoisotopic (exact) mass is 264 g/mol. The summed E-state index contributed by atoms with van der Waals surface area (Å²) in [6, 6.07) is 0. The molecule has 4 heteroatoms. The minimum Gasteiger partial charge on any atom is -0.469 e. The summed E-state index contributed by atoms with van der Waals surface area (Å²) < 4.78 is 5.35. The predicted octanol–water partition coefficient (Wildman–Crippen LogP) is 3.94. The van der Waals surface area contributed by atoms with Gasteiger partial charge in [-0.15, -0.1) is 0 Å². The first-order chi connectivity index (χ1) is 7.74. The first-order valence-electron chi connectivity index (χ1n) is 5.87. The third-order valence-corrected chi connectivity index (χ3v) is 5.25. The summed E-state index contributed by atoms with van der Waals surface area (Å²) >= 11 is 3.89. The van der Waals surface area contributed by atoms with Gasteiger partial charge in [-0.25, -0.2) is 0 Å². The fourth-order valence-electron chi connectivity index (χ4n) is 1.54. The number of esters is 1. The lowest BCUT2D eigenvalue weighted by molar-refractivity contribution is -0.140. The molecule has 0 aromatic rings. The highest BCUT2D eigenvalue weighted by Crippen LogP contribution is 2.24. The highest BCUT2D eigenvalue weighted by Gasteiger charge is 2.03. The van der Waals surface area contributed by atoms with Gasteiger partial charge in [0.15, 0.2) is 0 Å². The van der Waals surface area contributed by atoms with E-state index >= 15 is 0 Å². The number of carbonyl (C=O) groups excluding carboxylic acids is 1. The van der Waals surface area contributed by atoms with Crippen LogP contribution in [0.15, 0.2) is 0 Å². The molecule has 0 radical (unpaired) electrons. The Labute approximate surface area is 108 Å². The second kappa shape index (κ2) is 11.6. The first-order valence-corrected chi connectivity index (χ1v) is 8.44. The molecule has 0 aliphatic carbocycles. The maximum atomic E-state index is 10.8. The van der Waals surface area contributed by atoms with Crippen molar-refractivity contribution in [1.82, 2.24) is 0 Å². The van der Waals surface area contributed by atoms with E-state index in [1.54, 1.807) is 0 Å². The molecule has 2 nitrogen and oxygen atoms in total. The molecule has 0 aliphatic rings. The normalized spacial score (nSPS) is 10.8. The van der Waals surface area contributed by atoms with E-state index in [1.165, 1.54) is 32.8 Å². The Morgan fingerprint density at radius 3 is 2.19 bits per heavy atom. The van der Waals surface area contributed by atoms with Crippen LogP contribution in [0.3, 0.4) is 0 Å². The third-order valence-electron chi connectivity index (χ3n) is 2.57. The number of hydrogen-bond donors (Lipinski definition) is 0. The smallest absolute Gasteiger partial charge is 0.305 e. The van der Waals surface area contributed by atoms with Crippen molar-refractivity contribution < 1.29 is 9.53 Å². The van der Waals surface area contributed by atoms with Crippen LogP contribution in [0, 0.1) is 0 Å². The molecule has 0 unspecified atom stereocenters. The van der Waals surface area contributed by atoms with E-state index < -0.39 is 0 Å². The predicted molar refractivity (Wildman–Crippen MR) is 75.2 cm³/mol. The van der Waals surface area contributed by atoms with Gasteiger partial charge in [0.05, 0.1) is 7.11 Å². The van der Waals surface area contributed by atoms with Crippen LogP contribution in [0.1, 0.15) is 44.9 Å². The van der Waals surface area contributed by atoms with Crippen molar-refractivity contribution in [1.29, 1.82) is 0 Å². The molecule has 0 aromatic heterocycles. The highest BCUT2D eigenvalue weighted by atomic mass is 32.2. The van der Waals surface area contributed by atoms with Gasteiger partial charge in [-0.05, 0) is 25.4 Å². The second-order valence-electron chi connectivity index (χ2n) is 3.78. The molecule has 0 aliphatic heterocycles. The van der Waals surface area contributed by atoms with E-state index in [4.69, 9.17) is 0 Å². The summed E-state index contributed by atoms with van der Waals surface area (Å²) in [5.74, 6) is -0.0789. The number of unbranched alkanes of at least 4 members (excludes halogenated alkanes) is 4. The minimum absolute atomic E-state index is 0.0789. The molecule has 16 heavy (non-hydrogen) atoms. The van der Waals surface area contributed by atoms with E-state index in [9.17, 15) is 4.79 Å². The Kier molecular flexibility index (Phi) is 11.8. The Balaban J connectivity index is 3.18. The average molecular weight is 264 g/mol. The van der Waals surface area contributed by atoms with Crippen LogP contribution in [0.25, 0.3) is 0 Å². The largest absolute Gasteiger partial charge is 0.469 e. The van der Waals surface area contributed by atoms with Crippen LogP contribution in [0.4, 0.5) is 0 Å². The zero-order valence-corrected chi connectivity index (χ0v) is 12.3. The van der Waals surface area contributed by atoms with Gasteiger partial charge >= 0.3 is 5.97 Å². The summed E-state index contributed by atoms with van der Waals surface area (Å²) in [7, 11) is 1.45. The van der Waals surface area contributed by atoms with Gasteiger partial charge in [-0.3, -0.25) is 4.79 Å². The SMILES string of the molecule is COC(=O)CCCCCCCC(SC)SC. The fraction of sp³-hybridized carbons (Fsp3) is 0.917. The van der Waals surface area contributed by atoms with Crippen LogP contribution in [0.5, 0.6) is 0 Å². The molecule has 0 rings (SSSR count). The maximum Gasteiger partial charge on any atom is 0.305 e.